The largest absolute Gasteiger partial charge is 0.375 e. The smallest absolute Gasteiger partial charge is 0.143 e. The van der Waals surface area contributed by atoms with Crippen LogP contribution in [0.2, 0.25) is 0 Å². The molecule has 0 amide bonds. The van der Waals surface area contributed by atoms with Crippen molar-refractivity contribution in [3.8, 4) is 0 Å². The molecule has 3 rings (SSSR count). The van der Waals surface area contributed by atoms with E-state index in [-0.39, 0.29) is 6.23 Å². The lowest BCUT2D eigenvalue weighted by molar-refractivity contribution is 0.0106. The molecule has 0 spiro atoms. The molecule has 0 aliphatic heterocycles. The van der Waals surface area contributed by atoms with E-state index in [1.54, 1.807) is 7.11 Å². The van der Waals surface area contributed by atoms with Crippen molar-refractivity contribution in [2.24, 2.45) is 5.11 Å². The van der Waals surface area contributed by atoms with Gasteiger partial charge in [0.1, 0.15) is 11.8 Å². The molecule has 0 heterocycles. The summed E-state index contributed by atoms with van der Waals surface area (Å²) < 4.78 is 12.0. The molecule has 0 N–H and O–H groups in total. The first-order chi connectivity index (χ1) is 18.3. The molecule has 0 bridgehead atoms. The van der Waals surface area contributed by atoms with E-state index < -0.39 is 5.60 Å². The fourth-order valence-electron chi connectivity index (χ4n) is 4.93. The lowest BCUT2D eigenvalue weighted by Crippen LogP contribution is -2.33. The molecule has 3 aromatic rings. The van der Waals surface area contributed by atoms with Crippen LogP contribution in [-0.2, 0) is 15.1 Å². The van der Waals surface area contributed by atoms with Crippen LogP contribution in [-0.4, -0.2) is 19.9 Å². The van der Waals surface area contributed by atoms with Crippen molar-refractivity contribution in [1.82, 2.24) is 0 Å². The molecule has 5 heteroatoms. The summed E-state index contributed by atoms with van der Waals surface area (Å²) in [5, 5.41) is 3.64. The van der Waals surface area contributed by atoms with Gasteiger partial charge in [-0.1, -0.05) is 147 Å². The van der Waals surface area contributed by atoms with E-state index in [1.165, 1.54) is 38.5 Å². The van der Waals surface area contributed by atoms with Gasteiger partial charge in [-0.2, -0.15) is 0 Å². The van der Waals surface area contributed by atoms with Gasteiger partial charge in [0.2, 0.25) is 0 Å². The second-order valence-electron chi connectivity index (χ2n) is 9.49. The van der Waals surface area contributed by atoms with Crippen LogP contribution < -0.4 is 0 Å². The SMILES string of the molecule is COC(CCCCCCCCCCCOC(c1ccccc1)(c1ccccc1)c1ccccc1)N=[N+]=[N-]. The highest BCUT2D eigenvalue weighted by molar-refractivity contribution is 5.47. The number of methoxy groups -OCH3 is 1. The van der Waals surface area contributed by atoms with Gasteiger partial charge in [0.25, 0.3) is 0 Å². The molecule has 196 valence electrons. The minimum absolute atomic E-state index is 0.323. The Balaban J connectivity index is 1.46. The average molecular weight is 500 g/mol. The van der Waals surface area contributed by atoms with Crippen molar-refractivity contribution in [3.05, 3.63) is 118 Å². The van der Waals surface area contributed by atoms with Crippen LogP contribution in [0, 0.1) is 0 Å². The van der Waals surface area contributed by atoms with Crippen molar-refractivity contribution in [2.45, 2.75) is 76.0 Å². The first kappa shape index (κ1) is 28.5. The molecule has 5 nitrogen and oxygen atoms in total. The number of rotatable bonds is 18. The fourth-order valence-corrected chi connectivity index (χ4v) is 4.93. The maximum atomic E-state index is 8.51. The molecule has 0 aromatic heterocycles. The second kappa shape index (κ2) is 16.6. The molecule has 1 atom stereocenters. The summed E-state index contributed by atoms with van der Waals surface area (Å²) in [6.45, 7) is 0.713. The topological polar surface area (TPSA) is 67.2 Å². The predicted molar refractivity (Wildman–Crippen MR) is 151 cm³/mol. The third-order valence-corrected chi connectivity index (χ3v) is 6.91. The summed E-state index contributed by atoms with van der Waals surface area (Å²) in [4.78, 5) is 2.83. The molecule has 0 aliphatic carbocycles. The third-order valence-electron chi connectivity index (χ3n) is 6.91. The zero-order valence-corrected chi connectivity index (χ0v) is 22.2. The van der Waals surface area contributed by atoms with E-state index >= 15 is 0 Å². The summed E-state index contributed by atoms with van der Waals surface area (Å²) in [5.74, 6) is 0. The van der Waals surface area contributed by atoms with Gasteiger partial charge in [0, 0.05) is 18.6 Å². The van der Waals surface area contributed by atoms with Crippen LogP contribution >= 0.6 is 0 Å². The molecule has 3 aromatic carbocycles. The molecule has 0 saturated carbocycles. The molecular formula is C32H41N3O2. The molecule has 0 fully saturated rings. The minimum Gasteiger partial charge on any atom is -0.375 e. The van der Waals surface area contributed by atoms with Gasteiger partial charge in [-0.15, -0.1) is 0 Å². The average Bonchev–Trinajstić information content (AvgIpc) is 2.96. The number of benzene rings is 3. The van der Waals surface area contributed by atoms with Gasteiger partial charge in [-0.3, -0.25) is 0 Å². The van der Waals surface area contributed by atoms with E-state index in [2.05, 4.69) is 101 Å². The number of azide groups is 1. The molecule has 0 saturated heterocycles. The van der Waals surface area contributed by atoms with Crippen molar-refractivity contribution in [1.29, 1.82) is 0 Å². The first-order valence-corrected chi connectivity index (χ1v) is 13.7. The van der Waals surface area contributed by atoms with E-state index in [1.807, 2.05) is 0 Å². The van der Waals surface area contributed by atoms with Crippen LogP contribution in [0.1, 0.15) is 80.9 Å². The summed E-state index contributed by atoms with van der Waals surface area (Å²) in [5.41, 5.74) is 11.4. The Morgan fingerprint density at radius 3 is 1.46 bits per heavy atom. The fraction of sp³-hybridized carbons (Fsp3) is 0.438. The summed E-state index contributed by atoms with van der Waals surface area (Å²) in [7, 11) is 1.59. The Hall–Kier alpha value is -3.11. The van der Waals surface area contributed by atoms with Crippen LogP contribution in [0.5, 0.6) is 0 Å². The van der Waals surface area contributed by atoms with E-state index in [0.717, 1.165) is 42.4 Å². The molecule has 0 radical (unpaired) electrons. The van der Waals surface area contributed by atoms with E-state index in [4.69, 9.17) is 15.0 Å². The van der Waals surface area contributed by atoms with Gasteiger partial charge in [-0.25, -0.2) is 0 Å². The Morgan fingerprint density at radius 1 is 0.649 bits per heavy atom. The number of unbranched alkanes of at least 4 members (excludes halogenated alkanes) is 8. The quantitative estimate of drug-likeness (QED) is 0.0575. The number of nitrogens with zero attached hydrogens (tertiary/aromatic N) is 3. The maximum absolute atomic E-state index is 8.51. The highest BCUT2D eigenvalue weighted by Crippen LogP contribution is 2.40. The second-order valence-corrected chi connectivity index (χ2v) is 9.49. The first-order valence-electron chi connectivity index (χ1n) is 13.7. The Morgan fingerprint density at radius 2 is 1.05 bits per heavy atom. The normalized spacial score (nSPS) is 12.1. The van der Waals surface area contributed by atoms with E-state index in [0.29, 0.717) is 6.61 Å². The molecular weight excluding hydrogens is 458 g/mol. The number of hydrogen-bond donors (Lipinski definition) is 0. The van der Waals surface area contributed by atoms with Crippen molar-refractivity contribution in [2.75, 3.05) is 13.7 Å². The monoisotopic (exact) mass is 499 g/mol. The van der Waals surface area contributed by atoms with Crippen LogP contribution in [0.4, 0.5) is 0 Å². The Labute approximate surface area is 222 Å². The number of ether oxygens (including phenoxy) is 2. The maximum Gasteiger partial charge on any atom is 0.143 e. The Bertz CT molecular complexity index is 941. The zero-order chi connectivity index (χ0) is 26.0. The summed E-state index contributed by atoms with van der Waals surface area (Å²) in [6, 6.07) is 31.8. The highest BCUT2D eigenvalue weighted by atomic mass is 16.5. The minimum atomic E-state index is -0.621. The molecule has 37 heavy (non-hydrogen) atoms. The van der Waals surface area contributed by atoms with Crippen LogP contribution in [0.15, 0.2) is 96.1 Å². The van der Waals surface area contributed by atoms with Crippen molar-refractivity contribution >= 4 is 0 Å². The van der Waals surface area contributed by atoms with Crippen molar-refractivity contribution in [3.63, 3.8) is 0 Å². The molecule has 0 aliphatic rings. The Kier molecular flexibility index (Phi) is 12.8. The molecule has 1 unspecified atom stereocenters. The third kappa shape index (κ3) is 8.75. The zero-order valence-electron chi connectivity index (χ0n) is 22.2. The predicted octanol–water partition coefficient (Wildman–Crippen LogP) is 9.18. The van der Waals surface area contributed by atoms with Gasteiger partial charge < -0.3 is 9.47 Å². The standard InChI is InChI=1S/C32H41N3O2/c1-36-31(34-35-33)26-18-7-5-3-2-4-6-8-19-27-37-32(28-20-12-9-13-21-28,29-22-14-10-15-23-29)30-24-16-11-17-25-30/h9-17,20-25,31H,2-8,18-19,26-27H2,1H3. The van der Waals surface area contributed by atoms with E-state index in [9.17, 15) is 0 Å². The highest BCUT2D eigenvalue weighted by Gasteiger charge is 2.37. The van der Waals surface area contributed by atoms with Gasteiger partial charge in [-0.05, 0) is 35.1 Å². The van der Waals surface area contributed by atoms with Crippen LogP contribution in [0.3, 0.4) is 0 Å². The van der Waals surface area contributed by atoms with Gasteiger partial charge in [0.05, 0.1) is 0 Å². The van der Waals surface area contributed by atoms with Gasteiger partial charge >= 0.3 is 0 Å². The lowest BCUT2D eigenvalue weighted by atomic mass is 9.80. The van der Waals surface area contributed by atoms with Crippen LogP contribution in [0.25, 0.3) is 10.4 Å². The number of hydrogen-bond acceptors (Lipinski definition) is 3. The summed E-state index contributed by atoms with van der Waals surface area (Å²) >= 11 is 0. The van der Waals surface area contributed by atoms with Gasteiger partial charge in [0.15, 0.2) is 0 Å². The van der Waals surface area contributed by atoms with Crippen molar-refractivity contribution < 1.29 is 9.47 Å². The lowest BCUT2D eigenvalue weighted by Gasteiger charge is -2.36. The summed E-state index contributed by atoms with van der Waals surface area (Å²) in [6.07, 6.45) is 11.2.